The lowest BCUT2D eigenvalue weighted by Gasteiger charge is -2.39. The topological polar surface area (TPSA) is 85.4 Å². The summed E-state index contributed by atoms with van der Waals surface area (Å²) in [5.41, 5.74) is 2.15. The molecule has 0 unspecified atom stereocenters. The molecule has 0 saturated carbocycles. The number of aryl methyl sites for hydroxylation is 3. The Kier molecular flexibility index (Phi) is 4.68. The first-order valence-electron chi connectivity index (χ1n) is 7.98. The number of amides is 1. The Morgan fingerprint density at radius 2 is 2.21 bits per heavy atom. The first kappa shape index (κ1) is 16.7. The Bertz CT molecular complexity index is 704. The van der Waals surface area contributed by atoms with E-state index >= 15 is 0 Å². The number of likely N-dealkylation sites (N-methyl/N-ethyl adjacent to an activating group) is 1. The van der Waals surface area contributed by atoms with Gasteiger partial charge in [0.25, 0.3) is 5.91 Å². The summed E-state index contributed by atoms with van der Waals surface area (Å²) in [7, 11) is 4.02. The van der Waals surface area contributed by atoms with E-state index in [0.29, 0.717) is 30.2 Å². The van der Waals surface area contributed by atoms with Crippen LogP contribution < -0.4 is 5.32 Å². The Labute approximate surface area is 140 Å². The number of hydrogen-bond donors (Lipinski definition) is 1. The number of nitrogens with zero attached hydrogens (tertiary/aromatic N) is 4. The third-order valence-electron chi connectivity index (χ3n) is 4.48. The lowest BCUT2D eigenvalue weighted by Crippen LogP contribution is -2.48. The van der Waals surface area contributed by atoms with Crippen LogP contribution in [0.2, 0.25) is 0 Å². The second-order valence-electron chi connectivity index (χ2n) is 6.17. The molecule has 2 aromatic rings. The summed E-state index contributed by atoms with van der Waals surface area (Å²) >= 11 is 0. The van der Waals surface area contributed by atoms with Gasteiger partial charge in [-0.1, -0.05) is 5.16 Å². The minimum atomic E-state index is -0.188. The average Bonchev–Trinajstić information content (AvgIpc) is 3.11. The van der Waals surface area contributed by atoms with Gasteiger partial charge >= 0.3 is 0 Å². The van der Waals surface area contributed by atoms with E-state index in [9.17, 15) is 4.79 Å². The van der Waals surface area contributed by atoms with Crippen LogP contribution in [0.5, 0.6) is 0 Å². The van der Waals surface area contributed by atoms with Crippen LogP contribution in [0.1, 0.15) is 33.5 Å². The summed E-state index contributed by atoms with van der Waals surface area (Å²) in [5.74, 6) is 0.335. The fraction of sp³-hybridized carbons (Fsp3) is 0.562. The van der Waals surface area contributed by atoms with E-state index in [1.165, 1.54) is 0 Å². The molecule has 0 aromatic carbocycles. The van der Waals surface area contributed by atoms with Crippen molar-refractivity contribution in [3.63, 3.8) is 0 Å². The molecule has 2 aromatic heterocycles. The van der Waals surface area contributed by atoms with Gasteiger partial charge in [-0.2, -0.15) is 0 Å². The number of carbonyl (C=O) groups is 1. The van der Waals surface area contributed by atoms with E-state index < -0.39 is 0 Å². The fourth-order valence-electron chi connectivity index (χ4n) is 3.19. The van der Waals surface area contributed by atoms with Crippen LogP contribution >= 0.6 is 0 Å². The van der Waals surface area contributed by atoms with Crippen LogP contribution in [-0.4, -0.2) is 58.4 Å². The molecule has 130 valence electrons. The number of imidazole rings is 1. The highest BCUT2D eigenvalue weighted by Crippen LogP contribution is 2.27. The summed E-state index contributed by atoms with van der Waals surface area (Å²) < 4.78 is 13.0. The zero-order valence-electron chi connectivity index (χ0n) is 14.4. The zero-order valence-corrected chi connectivity index (χ0v) is 14.4. The molecule has 1 aliphatic rings. The molecule has 0 spiro atoms. The second kappa shape index (κ2) is 6.74. The Hall–Kier alpha value is -2.19. The van der Waals surface area contributed by atoms with E-state index in [2.05, 4.69) is 27.4 Å². The Morgan fingerprint density at radius 3 is 2.83 bits per heavy atom. The van der Waals surface area contributed by atoms with Crippen molar-refractivity contribution in [1.29, 1.82) is 0 Å². The van der Waals surface area contributed by atoms with Crippen LogP contribution in [0.3, 0.4) is 0 Å². The van der Waals surface area contributed by atoms with Crippen molar-refractivity contribution >= 4 is 5.91 Å². The molecule has 1 N–H and O–H groups in total. The van der Waals surface area contributed by atoms with Crippen molar-refractivity contribution in [3.8, 4) is 0 Å². The van der Waals surface area contributed by atoms with Gasteiger partial charge in [-0.25, -0.2) is 4.98 Å². The van der Waals surface area contributed by atoms with Gasteiger partial charge < -0.3 is 19.1 Å². The Balaban J connectivity index is 1.73. The first-order valence-corrected chi connectivity index (χ1v) is 7.98. The van der Waals surface area contributed by atoms with Crippen LogP contribution in [0.4, 0.5) is 0 Å². The van der Waals surface area contributed by atoms with Crippen molar-refractivity contribution in [2.75, 3.05) is 26.7 Å². The quantitative estimate of drug-likeness (QED) is 0.892. The number of hydrogen-bond acceptors (Lipinski definition) is 6. The molecule has 1 saturated heterocycles. The van der Waals surface area contributed by atoms with E-state index in [0.717, 1.165) is 12.2 Å². The molecule has 3 rings (SSSR count). The van der Waals surface area contributed by atoms with Crippen molar-refractivity contribution in [3.05, 3.63) is 35.2 Å². The van der Waals surface area contributed by atoms with Crippen LogP contribution in [0.15, 0.2) is 17.0 Å². The average molecular weight is 333 g/mol. The second-order valence-corrected chi connectivity index (χ2v) is 6.17. The summed E-state index contributed by atoms with van der Waals surface area (Å²) in [6, 6.07) is 0.0382. The number of morpholine rings is 1. The molecule has 3 heterocycles. The Morgan fingerprint density at radius 1 is 1.42 bits per heavy atom. The molecule has 0 bridgehead atoms. The number of nitrogens with one attached hydrogen (secondary N) is 1. The summed E-state index contributed by atoms with van der Waals surface area (Å²) in [6.07, 6.45) is 3.47. The van der Waals surface area contributed by atoms with Crippen molar-refractivity contribution in [2.24, 2.45) is 7.05 Å². The van der Waals surface area contributed by atoms with E-state index in [1.54, 1.807) is 20.2 Å². The van der Waals surface area contributed by atoms with Gasteiger partial charge in [0.15, 0.2) is 0 Å². The maximum absolute atomic E-state index is 12.4. The van der Waals surface area contributed by atoms with Gasteiger partial charge in [0.05, 0.1) is 36.5 Å². The van der Waals surface area contributed by atoms with Gasteiger partial charge in [-0.05, 0) is 20.9 Å². The van der Waals surface area contributed by atoms with Crippen molar-refractivity contribution < 1.29 is 14.1 Å². The molecule has 2 atom stereocenters. The SMILES string of the molecule is Cc1noc(C)c1C(=O)NC[C@@H]1OCCN(C)[C@H]1c1cncn1C. The molecule has 1 amide bonds. The molecule has 0 aliphatic carbocycles. The molecule has 8 nitrogen and oxygen atoms in total. The maximum Gasteiger partial charge on any atom is 0.256 e. The number of rotatable bonds is 4. The van der Waals surface area contributed by atoms with Gasteiger partial charge in [-0.3, -0.25) is 9.69 Å². The number of ether oxygens (including phenoxy) is 1. The lowest BCUT2D eigenvalue weighted by atomic mass is 10.0. The summed E-state index contributed by atoms with van der Waals surface area (Å²) in [6.45, 7) is 5.37. The van der Waals surface area contributed by atoms with Gasteiger partial charge in [0.1, 0.15) is 11.3 Å². The minimum Gasteiger partial charge on any atom is -0.373 e. The lowest BCUT2D eigenvalue weighted by molar-refractivity contribution is -0.0626. The first-order chi connectivity index (χ1) is 11.5. The molecule has 1 fully saturated rings. The predicted molar refractivity (Wildman–Crippen MR) is 86.6 cm³/mol. The number of aromatic nitrogens is 3. The summed E-state index contributed by atoms with van der Waals surface area (Å²) in [4.78, 5) is 18.9. The molecule has 0 radical (unpaired) electrons. The zero-order chi connectivity index (χ0) is 17.3. The van der Waals surface area contributed by atoms with Gasteiger partial charge in [0.2, 0.25) is 0 Å². The predicted octanol–water partition coefficient (Wildman–Crippen LogP) is 0.827. The van der Waals surface area contributed by atoms with Crippen molar-refractivity contribution in [1.82, 2.24) is 24.9 Å². The highest BCUT2D eigenvalue weighted by molar-refractivity contribution is 5.96. The van der Waals surface area contributed by atoms with Crippen molar-refractivity contribution in [2.45, 2.75) is 26.0 Å². The normalized spacial score (nSPS) is 21.8. The monoisotopic (exact) mass is 333 g/mol. The molecule has 1 aliphatic heterocycles. The third-order valence-corrected chi connectivity index (χ3v) is 4.48. The number of carbonyl (C=O) groups excluding carboxylic acids is 1. The molecular formula is C16H23N5O3. The molecule has 8 heteroatoms. The third kappa shape index (κ3) is 3.07. The van der Waals surface area contributed by atoms with E-state index in [4.69, 9.17) is 9.26 Å². The summed E-state index contributed by atoms with van der Waals surface area (Å²) in [5, 5.41) is 6.77. The van der Waals surface area contributed by atoms with Gasteiger partial charge in [-0.15, -0.1) is 0 Å². The largest absolute Gasteiger partial charge is 0.373 e. The van der Waals surface area contributed by atoms with Crippen LogP contribution in [0, 0.1) is 13.8 Å². The van der Waals surface area contributed by atoms with Crippen LogP contribution in [-0.2, 0) is 11.8 Å². The maximum atomic E-state index is 12.4. The van der Waals surface area contributed by atoms with E-state index in [1.807, 2.05) is 17.8 Å². The van der Waals surface area contributed by atoms with Gasteiger partial charge in [0, 0.05) is 26.3 Å². The highest BCUT2D eigenvalue weighted by Gasteiger charge is 2.33. The standard InChI is InChI=1S/C16H23N5O3/c1-10-14(11(2)24-19-10)16(22)18-8-13-15(20(3)5-6-23-13)12-7-17-9-21(12)4/h7,9,13,15H,5-6,8H2,1-4H3,(H,18,22)/t13-,15-/m0/s1. The highest BCUT2D eigenvalue weighted by atomic mass is 16.5. The molecular weight excluding hydrogens is 310 g/mol. The van der Waals surface area contributed by atoms with E-state index in [-0.39, 0.29) is 18.1 Å². The fourth-order valence-corrected chi connectivity index (χ4v) is 3.19. The van der Waals surface area contributed by atoms with Crippen LogP contribution in [0.25, 0.3) is 0 Å². The minimum absolute atomic E-state index is 0.0382. The molecule has 24 heavy (non-hydrogen) atoms. The smallest absolute Gasteiger partial charge is 0.256 e.